The van der Waals surface area contributed by atoms with Gasteiger partial charge < -0.3 is 13.7 Å². The van der Waals surface area contributed by atoms with E-state index < -0.39 is 0 Å². The summed E-state index contributed by atoms with van der Waals surface area (Å²) in [5.74, 6) is 0. The zero-order valence-electron chi connectivity index (χ0n) is 29.5. The molecule has 0 N–H and O–H groups in total. The first-order valence-electron chi connectivity index (χ1n) is 18.3. The van der Waals surface area contributed by atoms with Crippen molar-refractivity contribution in [3.63, 3.8) is 0 Å². The summed E-state index contributed by atoms with van der Waals surface area (Å²) in [4.78, 5) is 7.71. The number of hydrogen-bond donors (Lipinski definition) is 0. The van der Waals surface area contributed by atoms with Crippen molar-refractivity contribution in [1.29, 1.82) is 0 Å². The zero-order valence-corrected chi connectivity index (χ0v) is 29.5. The Bertz CT molecular complexity index is 3420. The Morgan fingerprint density at radius 1 is 0.327 bits per heavy atom. The Hall–Kier alpha value is -7.86. The molecular formula is C50H29N5. The van der Waals surface area contributed by atoms with E-state index in [9.17, 15) is 0 Å². The van der Waals surface area contributed by atoms with Crippen LogP contribution in [0, 0.1) is 13.1 Å². The molecule has 11 rings (SSSR count). The molecule has 11 aromatic rings. The molecule has 5 heteroatoms. The lowest BCUT2D eigenvalue weighted by molar-refractivity contribution is 1.16. The number of hydrogen-bond acceptors (Lipinski definition) is 0. The third-order valence-electron chi connectivity index (χ3n) is 11.0. The van der Waals surface area contributed by atoms with Crippen LogP contribution in [0.25, 0.3) is 103 Å². The molecule has 0 saturated carbocycles. The van der Waals surface area contributed by atoms with Gasteiger partial charge in [-0.1, -0.05) is 103 Å². The van der Waals surface area contributed by atoms with E-state index >= 15 is 0 Å². The minimum atomic E-state index is 0.549. The number of fused-ring (bicyclic) bond motifs is 9. The Morgan fingerprint density at radius 3 is 1.47 bits per heavy atom. The van der Waals surface area contributed by atoms with E-state index in [1.54, 1.807) is 0 Å². The number of rotatable bonds is 4. The second kappa shape index (κ2) is 11.8. The van der Waals surface area contributed by atoms with Gasteiger partial charge in [0.15, 0.2) is 11.4 Å². The Kier molecular flexibility index (Phi) is 6.61. The van der Waals surface area contributed by atoms with Crippen molar-refractivity contribution in [2.45, 2.75) is 0 Å². The van der Waals surface area contributed by atoms with E-state index in [-0.39, 0.29) is 0 Å². The predicted octanol–water partition coefficient (Wildman–Crippen LogP) is 13.7. The predicted molar refractivity (Wildman–Crippen MR) is 227 cm³/mol. The van der Waals surface area contributed by atoms with Gasteiger partial charge in [0.1, 0.15) is 0 Å². The van der Waals surface area contributed by atoms with Crippen LogP contribution < -0.4 is 0 Å². The van der Waals surface area contributed by atoms with Crippen molar-refractivity contribution in [1.82, 2.24) is 13.7 Å². The van der Waals surface area contributed by atoms with E-state index in [2.05, 4.69) is 157 Å². The molecule has 0 fully saturated rings. The highest BCUT2D eigenvalue weighted by Crippen LogP contribution is 2.41. The van der Waals surface area contributed by atoms with Gasteiger partial charge in [0, 0.05) is 54.8 Å². The van der Waals surface area contributed by atoms with E-state index in [4.69, 9.17) is 13.1 Å². The van der Waals surface area contributed by atoms with Gasteiger partial charge >= 0.3 is 0 Å². The van der Waals surface area contributed by atoms with Crippen LogP contribution in [0.15, 0.2) is 176 Å². The fourth-order valence-electron chi connectivity index (χ4n) is 8.72. The van der Waals surface area contributed by atoms with Crippen molar-refractivity contribution < 1.29 is 0 Å². The van der Waals surface area contributed by atoms with Crippen LogP contribution in [0.3, 0.4) is 0 Å². The summed E-state index contributed by atoms with van der Waals surface area (Å²) in [6, 6.07) is 61.5. The molecule has 0 aliphatic rings. The van der Waals surface area contributed by atoms with Crippen molar-refractivity contribution in [3.05, 3.63) is 199 Å². The SMILES string of the molecule is [C-]#[N+]c1cc(-c2ccccc2-n2c3ccccc3c3cc(-n4c5ccccc5c5ccccc54)ccc32)cc(-n2c3ccccc3c3ccc([N+]#[C-])cc32)c1. The molecule has 0 amide bonds. The maximum absolute atomic E-state index is 8.17. The highest BCUT2D eigenvalue weighted by atomic mass is 15.0. The third kappa shape index (κ3) is 4.51. The third-order valence-corrected chi connectivity index (χ3v) is 11.0. The van der Waals surface area contributed by atoms with Gasteiger partial charge in [-0.05, 0) is 78.4 Å². The van der Waals surface area contributed by atoms with Crippen LogP contribution in [0.1, 0.15) is 0 Å². The first-order valence-corrected chi connectivity index (χ1v) is 18.3. The topological polar surface area (TPSA) is 23.5 Å². The molecule has 8 aromatic carbocycles. The summed E-state index contributed by atoms with van der Waals surface area (Å²) >= 11 is 0. The van der Waals surface area contributed by atoms with E-state index in [1.807, 2.05) is 42.5 Å². The summed E-state index contributed by atoms with van der Waals surface area (Å²) in [6.07, 6.45) is 0. The molecule has 3 aromatic heterocycles. The molecule has 0 bridgehead atoms. The first kappa shape index (κ1) is 30.7. The maximum atomic E-state index is 8.17. The van der Waals surface area contributed by atoms with Crippen molar-refractivity contribution >= 4 is 76.8 Å². The molecule has 55 heavy (non-hydrogen) atoms. The highest BCUT2D eigenvalue weighted by Gasteiger charge is 2.20. The molecule has 0 aliphatic carbocycles. The summed E-state index contributed by atoms with van der Waals surface area (Å²) in [5.41, 5.74) is 12.7. The van der Waals surface area contributed by atoms with Crippen molar-refractivity contribution in [2.75, 3.05) is 0 Å². The summed E-state index contributed by atoms with van der Waals surface area (Å²) in [7, 11) is 0. The normalized spacial score (nSPS) is 11.6. The van der Waals surface area contributed by atoms with E-state index in [0.29, 0.717) is 11.4 Å². The molecule has 0 spiro atoms. The average molecular weight is 700 g/mol. The first-order chi connectivity index (χ1) is 27.2. The van der Waals surface area contributed by atoms with Gasteiger partial charge in [-0.15, -0.1) is 0 Å². The van der Waals surface area contributed by atoms with Crippen LogP contribution in [0.5, 0.6) is 0 Å². The smallest absolute Gasteiger partial charge is 0.189 e. The number of nitrogens with zero attached hydrogens (tertiary/aromatic N) is 5. The molecule has 0 saturated heterocycles. The molecule has 0 unspecified atom stereocenters. The minimum Gasteiger partial charge on any atom is -0.312 e. The fourth-order valence-corrected chi connectivity index (χ4v) is 8.72. The van der Waals surface area contributed by atoms with Crippen molar-refractivity contribution in [2.24, 2.45) is 0 Å². The quantitative estimate of drug-likeness (QED) is 0.163. The summed E-state index contributed by atoms with van der Waals surface area (Å²) < 4.78 is 6.93. The Morgan fingerprint density at radius 2 is 0.836 bits per heavy atom. The number of para-hydroxylation sites is 5. The van der Waals surface area contributed by atoms with Gasteiger partial charge in [-0.25, -0.2) is 9.69 Å². The summed E-state index contributed by atoms with van der Waals surface area (Å²) in [5, 5.41) is 7.00. The highest BCUT2D eigenvalue weighted by molar-refractivity contribution is 6.13. The maximum Gasteiger partial charge on any atom is 0.189 e. The second-order valence-corrected chi connectivity index (χ2v) is 14.0. The zero-order chi connectivity index (χ0) is 36.6. The van der Waals surface area contributed by atoms with Crippen LogP contribution in [-0.4, -0.2) is 13.7 Å². The van der Waals surface area contributed by atoms with Crippen LogP contribution >= 0.6 is 0 Å². The van der Waals surface area contributed by atoms with Gasteiger partial charge in [0.2, 0.25) is 0 Å². The van der Waals surface area contributed by atoms with E-state index in [1.165, 1.54) is 32.6 Å². The van der Waals surface area contributed by atoms with Crippen LogP contribution in [0.4, 0.5) is 11.4 Å². The average Bonchev–Trinajstić information content (AvgIpc) is 3.88. The largest absolute Gasteiger partial charge is 0.312 e. The number of benzene rings is 8. The van der Waals surface area contributed by atoms with Crippen molar-refractivity contribution in [3.8, 4) is 28.2 Å². The molecule has 3 heterocycles. The van der Waals surface area contributed by atoms with Gasteiger partial charge in [-0.2, -0.15) is 0 Å². The molecule has 5 nitrogen and oxygen atoms in total. The lowest BCUT2D eigenvalue weighted by Crippen LogP contribution is -1.99. The standard InChI is InChI=1S/C50H29N5/c1-51-33-23-25-42-40-16-6-11-21-47(40)54(50(42)30-33)36-28-32(27-34(29-36)52-2)37-13-3-8-18-44(37)55-48-22-12-7-17-41(48)43-31-35(24-26-49(43)55)53-45-19-9-4-14-38(45)39-15-5-10-20-46(39)53/h3-31H. The van der Waals surface area contributed by atoms with E-state index in [0.717, 1.165) is 61.0 Å². The van der Waals surface area contributed by atoms with Gasteiger partial charge in [0.25, 0.3) is 0 Å². The fraction of sp³-hybridized carbons (Fsp3) is 0. The molecule has 0 atom stereocenters. The number of aromatic nitrogens is 3. The minimum absolute atomic E-state index is 0.549. The van der Waals surface area contributed by atoms with Gasteiger partial charge in [-0.3, -0.25) is 0 Å². The van der Waals surface area contributed by atoms with Crippen LogP contribution in [0.2, 0.25) is 0 Å². The Balaban J connectivity index is 1.15. The molecule has 254 valence electrons. The summed E-state index contributed by atoms with van der Waals surface area (Å²) in [6.45, 7) is 15.9. The molecular weight excluding hydrogens is 671 g/mol. The lowest BCUT2D eigenvalue weighted by atomic mass is 10.0. The molecule has 0 radical (unpaired) electrons. The van der Waals surface area contributed by atoms with Gasteiger partial charge in [0.05, 0.1) is 46.4 Å². The van der Waals surface area contributed by atoms with Crippen LogP contribution in [-0.2, 0) is 0 Å². The monoisotopic (exact) mass is 699 g/mol. The second-order valence-electron chi connectivity index (χ2n) is 14.0. The molecule has 0 aliphatic heterocycles. The Labute approximate surface area is 316 Å². The lowest BCUT2D eigenvalue weighted by Gasteiger charge is -2.16.